The van der Waals surface area contributed by atoms with Crippen LogP contribution in [0.3, 0.4) is 0 Å². The highest BCUT2D eigenvalue weighted by atomic mass is 19.3. The van der Waals surface area contributed by atoms with Crippen molar-refractivity contribution in [2.45, 2.75) is 19.1 Å². The predicted octanol–water partition coefficient (Wildman–Crippen LogP) is 2.16. The molecule has 1 N–H and O–H groups in total. The Hall–Kier alpha value is -1.36. The van der Waals surface area contributed by atoms with Crippen molar-refractivity contribution in [1.82, 2.24) is 5.32 Å². The van der Waals surface area contributed by atoms with E-state index in [0.717, 1.165) is 31.5 Å². The highest BCUT2D eigenvalue weighted by Crippen LogP contribution is 2.43. The third kappa shape index (κ3) is 2.07. The van der Waals surface area contributed by atoms with Crippen LogP contribution in [0.15, 0.2) is 18.2 Å². The summed E-state index contributed by atoms with van der Waals surface area (Å²) in [5, 5.41) is 3.26. The van der Waals surface area contributed by atoms with Crippen LogP contribution >= 0.6 is 0 Å². The average Bonchev–Trinajstić information content (AvgIpc) is 2.84. The standard InChI is InChI=1S/C12H13F2NO2/c13-12(14)16-10-3-1-2-9(11(10)17-12)6-8-4-5-15-7-8/h1-3,8,15H,4-7H2. The van der Waals surface area contributed by atoms with Gasteiger partial charge in [0.15, 0.2) is 11.5 Å². The molecule has 0 aliphatic carbocycles. The summed E-state index contributed by atoms with van der Waals surface area (Å²) in [6, 6.07) is 5.05. The molecule has 1 aromatic rings. The molecule has 5 heteroatoms. The number of ether oxygens (including phenoxy) is 2. The normalized spacial score (nSPS) is 25.2. The van der Waals surface area contributed by atoms with E-state index in [-0.39, 0.29) is 11.5 Å². The van der Waals surface area contributed by atoms with Gasteiger partial charge in [0.25, 0.3) is 0 Å². The molecule has 1 fully saturated rings. The predicted molar refractivity (Wildman–Crippen MR) is 57.3 cm³/mol. The molecule has 92 valence electrons. The fourth-order valence-electron chi connectivity index (χ4n) is 2.39. The van der Waals surface area contributed by atoms with Gasteiger partial charge in [-0.1, -0.05) is 12.1 Å². The summed E-state index contributed by atoms with van der Waals surface area (Å²) in [5.74, 6) is 0.821. The number of para-hydroxylation sites is 1. The number of alkyl halides is 2. The van der Waals surface area contributed by atoms with E-state index in [4.69, 9.17) is 0 Å². The first kappa shape index (κ1) is 10.8. The molecule has 0 aromatic heterocycles. The molecule has 2 aliphatic heterocycles. The lowest BCUT2D eigenvalue weighted by molar-refractivity contribution is -0.286. The van der Waals surface area contributed by atoms with Crippen LogP contribution in [0.2, 0.25) is 0 Å². The fraction of sp³-hybridized carbons (Fsp3) is 0.500. The van der Waals surface area contributed by atoms with Crippen molar-refractivity contribution in [3.05, 3.63) is 23.8 Å². The maximum Gasteiger partial charge on any atom is 0.586 e. The Balaban J connectivity index is 1.84. The minimum Gasteiger partial charge on any atom is -0.395 e. The van der Waals surface area contributed by atoms with Crippen molar-refractivity contribution >= 4 is 0 Å². The molecule has 0 bridgehead atoms. The van der Waals surface area contributed by atoms with Crippen LogP contribution in [0.1, 0.15) is 12.0 Å². The number of hydrogen-bond acceptors (Lipinski definition) is 3. The van der Waals surface area contributed by atoms with E-state index in [2.05, 4.69) is 14.8 Å². The molecule has 3 nitrogen and oxygen atoms in total. The van der Waals surface area contributed by atoms with Crippen molar-refractivity contribution in [3.8, 4) is 11.5 Å². The molecule has 0 saturated carbocycles. The zero-order chi connectivity index (χ0) is 11.9. The third-order valence-electron chi connectivity index (χ3n) is 3.18. The first-order valence-electron chi connectivity index (χ1n) is 5.72. The quantitative estimate of drug-likeness (QED) is 0.860. The Bertz CT molecular complexity index is 431. The molecule has 2 aliphatic rings. The Labute approximate surface area is 97.7 Å². The molecular formula is C12H13F2NO2. The van der Waals surface area contributed by atoms with Crippen molar-refractivity contribution < 1.29 is 18.3 Å². The van der Waals surface area contributed by atoms with Crippen LogP contribution in [0.25, 0.3) is 0 Å². The number of rotatable bonds is 2. The molecule has 2 heterocycles. The van der Waals surface area contributed by atoms with Crippen LogP contribution in [-0.4, -0.2) is 19.4 Å². The fourth-order valence-corrected chi connectivity index (χ4v) is 2.39. The molecule has 0 amide bonds. The molecule has 1 unspecified atom stereocenters. The van der Waals surface area contributed by atoms with Crippen LogP contribution < -0.4 is 14.8 Å². The van der Waals surface area contributed by atoms with E-state index >= 15 is 0 Å². The maximum atomic E-state index is 13.0. The lowest BCUT2D eigenvalue weighted by Gasteiger charge is -2.10. The minimum atomic E-state index is -3.52. The van der Waals surface area contributed by atoms with Gasteiger partial charge in [0.1, 0.15) is 0 Å². The van der Waals surface area contributed by atoms with Crippen molar-refractivity contribution in [2.75, 3.05) is 13.1 Å². The van der Waals surface area contributed by atoms with Gasteiger partial charge in [-0.25, -0.2) is 0 Å². The summed E-state index contributed by atoms with van der Waals surface area (Å²) in [7, 11) is 0. The van der Waals surface area contributed by atoms with Crippen LogP contribution in [-0.2, 0) is 6.42 Å². The van der Waals surface area contributed by atoms with Crippen molar-refractivity contribution in [2.24, 2.45) is 5.92 Å². The molecule has 1 saturated heterocycles. The summed E-state index contributed by atoms with van der Waals surface area (Å²) in [6.45, 7) is 1.92. The van der Waals surface area contributed by atoms with Gasteiger partial charge < -0.3 is 14.8 Å². The molecular weight excluding hydrogens is 228 g/mol. The summed E-state index contributed by atoms with van der Waals surface area (Å²) in [5.41, 5.74) is 0.799. The van der Waals surface area contributed by atoms with Gasteiger partial charge in [-0.2, -0.15) is 0 Å². The molecule has 17 heavy (non-hydrogen) atoms. The number of nitrogens with one attached hydrogen (secondary N) is 1. The van der Waals surface area contributed by atoms with Crippen LogP contribution in [0.4, 0.5) is 8.78 Å². The van der Waals surface area contributed by atoms with E-state index in [1.165, 1.54) is 6.07 Å². The van der Waals surface area contributed by atoms with E-state index in [1.54, 1.807) is 6.07 Å². The first-order valence-corrected chi connectivity index (χ1v) is 5.72. The summed E-state index contributed by atoms with van der Waals surface area (Å²) < 4.78 is 34.9. The Morgan fingerprint density at radius 1 is 1.35 bits per heavy atom. The van der Waals surface area contributed by atoms with Gasteiger partial charge in [-0.15, -0.1) is 8.78 Å². The Morgan fingerprint density at radius 3 is 3.00 bits per heavy atom. The van der Waals surface area contributed by atoms with E-state index in [0.29, 0.717) is 5.92 Å². The van der Waals surface area contributed by atoms with Gasteiger partial charge in [0, 0.05) is 0 Å². The Kier molecular flexibility index (Phi) is 2.43. The largest absolute Gasteiger partial charge is 0.586 e. The zero-order valence-electron chi connectivity index (χ0n) is 9.21. The zero-order valence-corrected chi connectivity index (χ0v) is 9.21. The van der Waals surface area contributed by atoms with Crippen molar-refractivity contribution in [3.63, 3.8) is 0 Å². The van der Waals surface area contributed by atoms with E-state index in [9.17, 15) is 8.78 Å². The second kappa shape index (κ2) is 3.84. The number of benzene rings is 1. The minimum absolute atomic E-state index is 0.137. The maximum absolute atomic E-state index is 13.0. The lowest BCUT2D eigenvalue weighted by atomic mass is 9.98. The van der Waals surface area contributed by atoms with Gasteiger partial charge in [-0.3, -0.25) is 0 Å². The second-order valence-corrected chi connectivity index (χ2v) is 4.47. The average molecular weight is 241 g/mol. The molecule has 0 spiro atoms. The van der Waals surface area contributed by atoms with Crippen LogP contribution in [0, 0.1) is 5.92 Å². The van der Waals surface area contributed by atoms with Gasteiger partial charge >= 0.3 is 6.29 Å². The molecule has 3 rings (SSSR count). The van der Waals surface area contributed by atoms with E-state index < -0.39 is 6.29 Å². The third-order valence-corrected chi connectivity index (χ3v) is 3.18. The first-order chi connectivity index (χ1) is 8.14. The number of fused-ring (bicyclic) bond motifs is 1. The summed E-state index contributed by atoms with van der Waals surface area (Å²) >= 11 is 0. The van der Waals surface area contributed by atoms with Gasteiger partial charge in [0.2, 0.25) is 0 Å². The Morgan fingerprint density at radius 2 is 2.24 bits per heavy atom. The monoisotopic (exact) mass is 241 g/mol. The highest BCUT2D eigenvalue weighted by molar-refractivity contribution is 5.49. The molecule has 1 aromatic carbocycles. The lowest BCUT2D eigenvalue weighted by Crippen LogP contribution is -2.26. The highest BCUT2D eigenvalue weighted by Gasteiger charge is 2.44. The van der Waals surface area contributed by atoms with Gasteiger partial charge in [0.05, 0.1) is 0 Å². The topological polar surface area (TPSA) is 30.5 Å². The molecule has 1 atom stereocenters. The van der Waals surface area contributed by atoms with Crippen molar-refractivity contribution in [1.29, 1.82) is 0 Å². The number of hydrogen-bond donors (Lipinski definition) is 1. The molecule has 0 radical (unpaired) electrons. The number of halogens is 2. The van der Waals surface area contributed by atoms with Gasteiger partial charge in [-0.05, 0) is 43.5 Å². The second-order valence-electron chi connectivity index (χ2n) is 4.47. The summed E-state index contributed by atoms with van der Waals surface area (Å²) in [6.07, 6.45) is -1.71. The SMILES string of the molecule is FC1(F)Oc2cccc(CC3CCNC3)c2O1. The van der Waals surface area contributed by atoms with E-state index in [1.807, 2.05) is 6.07 Å². The summed E-state index contributed by atoms with van der Waals surface area (Å²) in [4.78, 5) is 0. The smallest absolute Gasteiger partial charge is 0.395 e. The van der Waals surface area contributed by atoms with Crippen LogP contribution in [0.5, 0.6) is 11.5 Å².